The van der Waals surface area contributed by atoms with Crippen molar-refractivity contribution in [3.05, 3.63) is 42.0 Å². The summed E-state index contributed by atoms with van der Waals surface area (Å²) in [7, 11) is 0. The van der Waals surface area contributed by atoms with Crippen LogP contribution in [0.4, 0.5) is 0 Å². The van der Waals surface area contributed by atoms with E-state index in [-0.39, 0.29) is 12.1 Å². The van der Waals surface area contributed by atoms with E-state index in [0.29, 0.717) is 0 Å². The van der Waals surface area contributed by atoms with Gasteiger partial charge in [-0.05, 0) is 25.2 Å². The van der Waals surface area contributed by atoms with Gasteiger partial charge >= 0.3 is 0 Å². The predicted octanol–water partition coefficient (Wildman–Crippen LogP) is 4.43. The molecule has 102 valence electrons. The molecule has 2 aromatic rings. The molecule has 0 aliphatic rings. The van der Waals surface area contributed by atoms with Gasteiger partial charge in [-0.25, -0.2) is 0 Å². The maximum atomic E-state index is 6.24. The van der Waals surface area contributed by atoms with E-state index in [2.05, 4.69) is 44.2 Å². The maximum Gasteiger partial charge on any atom is 0.132 e. The molecule has 0 saturated carbocycles. The smallest absolute Gasteiger partial charge is 0.132 e. The van der Waals surface area contributed by atoms with Gasteiger partial charge in [-0.1, -0.05) is 50.2 Å². The summed E-state index contributed by atoms with van der Waals surface area (Å²) in [5.74, 6) is 0.960. The molecule has 2 aromatic carbocycles. The highest BCUT2D eigenvalue weighted by atomic mass is 16.5. The lowest BCUT2D eigenvalue weighted by Gasteiger charge is -2.21. The van der Waals surface area contributed by atoms with Crippen molar-refractivity contribution in [2.75, 3.05) is 0 Å². The van der Waals surface area contributed by atoms with Gasteiger partial charge < -0.3 is 10.5 Å². The minimum atomic E-state index is -0.0195. The van der Waals surface area contributed by atoms with Gasteiger partial charge in [0.15, 0.2) is 0 Å². The normalized spacial score (nSPS) is 12.9. The van der Waals surface area contributed by atoms with Gasteiger partial charge in [-0.3, -0.25) is 0 Å². The van der Waals surface area contributed by atoms with Gasteiger partial charge in [0.2, 0.25) is 0 Å². The number of nitrogens with two attached hydrogens (primary N) is 1. The number of fused-ring (bicyclic) bond motifs is 1. The van der Waals surface area contributed by atoms with E-state index in [0.717, 1.165) is 29.5 Å². The molecule has 2 rings (SSSR count). The molecule has 0 unspecified atom stereocenters. The van der Waals surface area contributed by atoms with Crippen molar-refractivity contribution in [1.82, 2.24) is 0 Å². The van der Waals surface area contributed by atoms with E-state index in [1.165, 1.54) is 5.39 Å². The second-order valence-electron chi connectivity index (χ2n) is 5.05. The third kappa shape index (κ3) is 2.90. The van der Waals surface area contributed by atoms with Crippen LogP contribution in [-0.2, 0) is 0 Å². The summed E-state index contributed by atoms with van der Waals surface area (Å²) in [6.07, 6.45) is 2.28. The van der Waals surface area contributed by atoms with E-state index in [9.17, 15) is 0 Å². The summed E-state index contributed by atoms with van der Waals surface area (Å²) in [4.78, 5) is 0. The lowest BCUT2D eigenvalue weighted by Crippen LogP contribution is -2.17. The molecular weight excluding hydrogens is 234 g/mol. The van der Waals surface area contributed by atoms with Crippen molar-refractivity contribution in [2.24, 2.45) is 5.73 Å². The van der Waals surface area contributed by atoms with E-state index in [4.69, 9.17) is 10.5 Å². The lowest BCUT2D eigenvalue weighted by atomic mass is 10.0. The molecule has 0 aliphatic heterocycles. The Bertz CT molecular complexity index is 544. The van der Waals surface area contributed by atoms with Crippen LogP contribution in [0.3, 0.4) is 0 Å². The number of rotatable bonds is 5. The first kappa shape index (κ1) is 13.9. The van der Waals surface area contributed by atoms with E-state index < -0.39 is 0 Å². The third-order valence-electron chi connectivity index (χ3n) is 3.60. The molecule has 0 fully saturated rings. The Labute approximate surface area is 115 Å². The quantitative estimate of drug-likeness (QED) is 0.860. The lowest BCUT2D eigenvalue weighted by molar-refractivity contribution is 0.193. The molecule has 2 nitrogen and oxygen atoms in total. The Morgan fingerprint density at radius 1 is 1.05 bits per heavy atom. The summed E-state index contributed by atoms with van der Waals surface area (Å²) in [5.41, 5.74) is 7.17. The Morgan fingerprint density at radius 3 is 2.37 bits per heavy atom. The molecule has 19 heavy (non-hydrogen) atoms. The van der Waals surface area contributed by atoms with Gasteiger partial charge in [0, 0.05) is 17.0 Å². The maximum absolute atomic E-state index is 6.24. The first-order valence-electron chi connectivity index (χ1n) is 7.11. The minimum absolute atomic E-state index is 0.0195. The highest BCUT2D eigenvalue weighted by Crippen LogP contribution is 2.34. The highest BCUT2D eigenvalue weighted by molar-refractivity contribution is 5.89. The fourth-order valence-electron chi connectivity index (χ4n) is 2.37. The molecule has 1 atom stereocenters. The minimum Gasteiger partial charge on any atom is -0.489 e. The van der Waals surface area contributed by atoms with Crippen molar-refractivity contribution < 1.29 is 4.74 Å². The van der Waals surface area contributed by atoms with Crippen LogP contribution >= 0.6 is 0 Å². The summed E-state index contributed by atoms with van der Waals surface area (Å²) in [5, 5.41) is 2.36. The molecule has 0 amide bonds. The van der Waals surface area contributed by atoms with Gasteiger partial charge in [-0.2, -0.15) is 0 Å². The second kappa shape index (κ2) is 6.07. The molecule has 0 bridgehead atoms. The molecule has 0 aliphatic carbocycles. The summed E-state index contributed by atoms with van der Waals surface area (Å²) in [6, 6.07) is 12.5. The molecule has 0 heterocycles. The van der Waals surface area contributed by atoms with Crippen LogP contribution in [0.5, 0.6) is 5.75 Å². The third-order valence-corrected chi connectivity index (χ3v) is 3.60. The van der Waals surface area contributed by atoms with Crippen molar-refractivity contribution in [3.8, 4) is 5.75 Å². The number of hydrogen-bond acceptors (Lipinski definition) is 2. The van der Waals surface area contributed by atoms with Gasteiger partial charge in [0.1, 0.15) is 5.75 Å². The van der Waals surface area contributed by atoms with E-state index in [1.54, 1.807) is 0 Å². The average Bonchev–Trinajstić information content (AvgIpc) is 2.44. The van der Waals surface area contributed by atoms with Crippen LogP contribution in [0, 0.1) is 0 Å². The molecule has 0 radical (unpaired) electrons. The standard InChI is InChI=1S/C17H23NO/c1-4-14(5-2)19-17-15(12(3)18)11-10-13-8-6-7-9-16(13)17/h6-12,14H,4-5,18H2,1-3H3/t12-/m0/s1. The predicted molar refractivity (Wildman–Crippen MR) is 81.5 cm³/mol. The molecule has 2 N–H and O–H groups in total. The summed E-state index contributed by atoms with van der Waals surface area (Å²) >= 11 is 0. The van der Waals surface area contributed by atoms with Crippen LogP contribution < -0.4 is 10.5 Å². The van der Waals surface area contributed by atoms with Crippen LogP contribution in [0.2, 0.25) is 0 Å². The Hall–Kier alpha value is -1.54. The number of ether oxygens (including phenoxy) is 1. The van der Waals surface area contributed by atoms with Gasteiger partial charge in [0.05, 0.1) is 6.10 Å². The monoisotopic (exact) mass is 257 g/mol. The highest BCUT2D eigenvalue weighted by Gasteiger charge is 2.15. The molecule has 0 spiro atoms. The van der Waals surface area contributed by atoms with Crippen LogP contribution in [0.15, 0.2) is 36.4 Å². The van der Waals surface area contributed by atoms with Crippen LogP contribution in [0.25, 0.3) is 10.8 Å². The molecular formula is C17H23NO. The SMILES string of the molecule is CCC(CC)Oc1c([C@H](C)N)ccc2ccccc12. The van der Waals surface area contributed by atoms with Crippen molar-refractivity contribution in [1.29, 1.82) is 0 Å². The van der Waals surface area contributed by atoms with Crippen molar-refractivity contribution in [3.63, 3.8) is 0 Å². The zero-order chi connectivity index (χ0) is 13.8. The topological polar surface area (TPSA) is 35.2 Å². The number of benzene rings is 2. The van der Waals surface area contributed by atoms with E-state index >= 15 is 0 Å². The Balaban J connectivity index is 2.55. The van der Waals surface area contributed by atoms with Gasteiger partial charge in [-0.15, -0.1) is 0 Å². The fourth-order valence-corrected chi connectivity index (χ4v) is 2.37. The largest absolute Gasteiger partial charge is 0.489 e. The van der Waals surface area contributed by atoms with Crippen molar-refractivity contribution in [2.45, 2.75) is 45.8 Å². The number of hydrogen-bond donors (Lipinski definition) is 1. The first-order valence-corrected chi connectivity index (χ1v) is 7.11. The summed E-state index contributed by atoms with van der Waals surface area (Å²) < 4.78 is 6.24. The van der Waals surface area contributed by atoms with Crippen LogP contribution in [0.1, 0.15) is 45.2 Å². The second-order valence-corrected chi connectivity index (χ2v) is 5.05. The summed E-state index contributed by atoms with van der Waals surface area (Å²) in [6.45, 7) is 6.32. The molecule has 0 aromatic heterocycles. The Kier molecular flexibility index (Phi) is 4.43. The average molecular weight is 257 g/mol. The van der Waals surface area contributed by atoms with Gasteiger partial charge in [0.25, 0.3) is 0 Å². The van der Waals surface area contributed by atoms with Crippen molar-refractivity contribution >= 4 is 10.8 Å². The fraction of sp³-hybridized carbons (Fsp3) is 0.412. The Morgan fingerprint density at radius 2 is 1.74 bits per heavy atom. The van der Waals surface area contributed by atoms with Crippen LogP contribution in [-0.4, -0.2) is 6.10 Å². The zero-order valence-electron chi connectivity index (χ0n) is 12.0. The first-order chi connectivity index (χ1) is 9.17. The molecule has 2 heteroatoms. The molecule has 0 saturated heterocycles. The zero-order valence-corrected chi connectivity index (χ0v) is 12.0. The van der Waals surface area contributed by atoms with E-state index in [1.807, 2.05) is 13.0 Å².